The second-order valence-electron chi connectivity index (χ2n) is 6.60. The number of rotatable bonds is 8. The van der Waals surface area contributed by atoms with Gasteiger partial charge in [-0.05, 0) is 36.8 Å². The fraction of sp³-hybridized carbons (Fsp3) is 0.167. The van der Waals surface area contributed by atoms with Crippen molar-refractivity contribution in [2.24, 2.45) is 0 Å². The van der Waals surface area contributed by atoms with Crippen molar-refractivity contribution in [1.29, 1.82) is 0 Å². The van der Waals surface area contributed by atoms with Crippen LogP contribution in [0.1, 0.15) is 12.5 Å². The average Bonchev–Trinajstić information content (AvgIpc) is 3.22. The molecule has 0 atom stereocenters. The topological polar surface area (TPSA) is 51.7 Å². The molecule has 0 saturated heterocycles. The van der Waals surface area contributed by atoms with Gasteiger partial charge in [0.15, 0.2) is 11.7 Å². The lowest BCUT2D eigenvalue weighted by molar-refractivity contribution is -0.120. The Hall–Kier alpha value is -3.38. The summed E-state index contributed by atoms with van der Waals surface area (Å²) < 4.78 is 12.4. The Morgan fingerprint density at radius 1 is 0.933 bits per heavy atom. The maximum Gasteiger partial charge on any atom is 0.267 e. The normalized spacial score (nSPS) is 10.7. The Labute approximate surface area is 179 Å². The summed E-state index contributed by atoms with van der Waals surface area (Å²) in [6.45, 7) is 2.86. The van der Waals surface area contributed by atoms with Crippen molar-refractivity contribution in [3.05, 3.63) is 84.4 Å². The summed E-state index contributed by atoms with van der Waals surface area (Å²) in [5.74, 6) is 1.23. The highest BCUT2D eigenvalue weighted by atomic mass is 32.1. The van der Waals surface area contributed by atoms with Gasteiger partial charge in [0, 0.05) is 0 Å². The van der Waals surface area contributed by atoms with Crippen LogP contribution in [0.5, 0.6) is 11.5 Å². The molecule has 0 radical (unpaired) electrons. The fourth-order valence-electron chi connectivity index (χ4n) is 3.07. The zero-order chi connectivity index (χ0) is 20.8. The Morgan fingerprint density at radius 3 is 2.40 bits per heavy atom. The summed E-state index contributed by atoms with van der Waals surface area (Å²) in [6.07, 6.45) is 0. The molecule has 0 aliphatic carbocycles. The Bertz CT molecular complexity index is 1110. The van der Waals surface area contributed by atoms with Crippen LogP contribution in [0, 0.1) is 0 Å². The van der Waals surface area contributed by atoms with Gasteiger partial charge in [-0.15, -0.1) is 0 Å². The molecule has 0 N–H and O–H groups in total. The van der Waals surface area contributed by atoms with E-state index < -0.39 is 0 Å². The summed E-state index contributed by atoms with van der Waals surface area (Å²) in [5.41, 5.74) is 1.80. The molecule has 0 aliphatic heterocycles. The third-order valence-corrected chi connectivity index (χ3v) is 5.54. The van der Waals surface area contributed by atoms with Gasteiger partial charge < -0.3 is 9.47 Å². The summed E-state index contributed by atoms with van der Waals surface area (Å²) in [5, 5.41) is 0.627. The summed E-state index contributed by atoms with van der Waals surface area (Å²) >= 11 is 1.47. The van der Waals surface area contributed by atoms with Gasteiger partial charge in [0.1, 0.15) is 17.0 Å². The van der Waals surface area contributed by atoms with Crippen molar-refractivity contribution in [3.8, 4) is 11.5 Å². The van der Waals surface area contributed by atoms with E-state index in [1.54, 1.807) is 4.90 Å². The summed E-state index contributed by atoms with van der Waals surface area (Å²) in [7, 11) is 0. The zero-order valence-electron chi connectivity index (χ0n) is 16.7. The van der Waals surface area contributed by atoms with Gasteiger partial charge in [0.2, 0.25) is 0 Å². The third kappa shape index (κ3) is 4.60. The molecule has 0 spiro atoms. The lowest BCUT2D eigenvalue weighted by Gasteiger charge is -2.20. The molecule has 6 heteroatoms. The van der Waals surface area contributed by atoms with Crippen LogP contribution >= 0.6 is 11.3 Å². The SMILES string of the molecule is CCOc1cccc2sc(N(Cc3ccccc3)C(=O)COc3ccccc3)nc12. The smallest absolute Gasteiger partial charge is 0.267 e. The van der Waals surface area contributed by atoms with Gasteiger partial charge in [-0.3, -0.25) is 9.69 Å². The molecule has 1 aromatic heterocycles. The lowest BCUT2D eigenvalue weighted by atomic mass is 10.2. The molecule has 3 aromatic carbocycles. The molecule has 0 unspecified atom stereocenters. The molecule has 1 amide bonds. The number of thiazole rings is 1. The van der Waals surface area contributed by atoms with Crippen LogP contribution in [-0.2, 0) is 11.3 Å². The van der Waals surface area contributed by atoms with Gasteiger partial charge in [0.05, 0.1) is 17.9 Å². The van der Waals surface area contributed by atoms with Gasteiger partial charge in [-0.25, -0.2) is 4.98 Å². The molecule has 0 saturated carbocycles. The molecule has 5 nitrogen and oxygen atoms in total. The highest BCUT2D eigenvalue weighted by Crippen LogP contribution is 2.35. The van der Waals surface area contributed by atoms with Gasteiger partial charge in [-0.1, -0.05) is 65.9 Å². The van der Waals surface area contributed by atoms with Crippen molar-refractivity contribution in [2.75, 3.05) is 18.1 Å². The van der Waals surface area contributed by atoms with E-state index in [9.17, 15) is 4.79 Å². The van der Waals surface area contributed by atoms with Gasteiger partial charge in [-0.2, -0.15) is 0 Å². The Kier molecular flexibility index (Phi) is 6.25. The predicted molar refractivity (Wildman–Crippen MR) is 120 cm³/mol. The zero-order valence-corrected chi connectivity index (χ0v) is 17.5. The number of benzene rings is 3. The number of carbonyl (C=O) groups excluding carboxylic acids is 1. The molecule has 4 aromatic rings. The first kappa shape index (κ1) is 19.9. The van der Waals surface area contributed by atoms with Crippen LogP contribution in [0.2, 0.25) is 0 Å². The number of para-hydroxylation sites is 2. The van der Waals surface area contributed by atoms with E-state index in [4.69, 9.17) is 14.5 Å². The molecular weight excluding hydrogens is 396 g/mol. The lowest BCUT2D eigenvalue weighted by Crippen LogP contribution is -2.34. The number of aromatic nitrogens is 1. The van der Waals surface area contributed by atoms with Crippen molar-refractivity contribution in [1.82, 2.24) is 4.98 Å². The summed E-state index contributed by atoms with van der Waals surface area (Å²) in [4.78, 5) is 19.6. The van der Waals surface area contributed by atoms with Crippen LogP contribution in [0.3, 0.4) is 0 Å². The quantitative estimate of drug-likeness (QED) is 0.389. The number of anilines is 1. The standard InChI is InChI=1S/C24H22N2O3S/c1-2-28-20-14-9-15-21-23(20)25-24(30-21)26(16-18-10-5-3-6-11-18)22(27)17-29-19-12-7-4-8-13-19/h3-15H,2,16-17H2,1H3. The van der Waals surface area contributed by atoms with E-state index in [-0.39, 0.29) is 12.5 Å². The van der Waals surface area contributed by atoms with Crippen LogP contribution < -0.4 is 14.4 Å². The van der Waals surface area contributed by atoms with E-state index in [1.165, 1.54) is 11.3 Å². The second kappa shape index (κ2) is 9.41. The largest absolute Gasteiger partial charge is 0.492 e. The van der Waals surface area contributed by atoms with Crippen molar-refractivity contribution >= 4 is 32.6 Å². The summed E-state index contributed by atoms with van der Waals surface area (Å²) in [6, 6.07) is 25.0. The van der Waals surface area contributed by atoms with Gasteiger partial charge in [0.25, 0.3) is 5.91 Å². The first-order valence-corrected chi connectivity index (χ1v) is 10.6. The van der Waals surface area contributed by atoms with E-state index >= 15 is 0 Å². The molecule has 0 fully saturated rings. The number of hydrogen-bond acceptors (Lipinski definition) is 5. The molecule has 4 rings (SSSR count). The molecule has 0 bridgehead atoms. The minimum atomic E-state index is -0.153. The molecular formula is C24H22N2O3S. The molecule has 0 aliphatic rings. The number of nitrogens with zero attached hydrogens (tertiary/aromatic N) is 2. The van der Waals surface area contributed by atoms with Crippen molar-refractivity contribution < 1.29 is 14.3 Å². The van der Waals surface area contributed by atoms with Crippen LogP contribution in [0.4, 0.5) is 5.13 Å². The number of hydrogen-bond donors (Lipinski definition) is 0. The number of amides is 1. The fourth-order valence-corrected chi connectivity index (χ4v) is 4.07. The minimum Gasteiger partial charge on any atom is -0.492 e. The van der Waals surface area contributed by atoms with E-state index in [2.05, 4.69) is 0 Å². The third-order valence-electron chi connectivity index (χ3n) is 4.49. The maximum atomic E-state index is 13.1. The highest BCUT2D eigenvalue weighted by Gasteiger charge is 2.22. The van der Waals surface area contributed by atoms with Crippen LogP contribution in [0.25, 0.3) is 10.2 Å². The first-order chi connectivity index (χ1) is 14.7. The number of ether oxygens (including phenoxy) is 2. The predicted octanol–water partition coefficient (Wildman–Crippen LogP) is 5.31. The van der Waals surface area contributed by atoms with E-state index in [1.807, 2.05) is 85.8 Å². The molecule has 152 valence electrons. The number of fused-ring (bicyclic) bond motifs is 1. The monoisotopic (exact) mass is 418 g/mol. The highest BCUT2D eigenvalue weighted by molar-refractivity contribution is 7.22. The van der Waals surface area contributed by atoms with Crippen LogP contribution in [0.15, 0.2) is 78.9 Å². The maximum absolute atomic E-state index is 13.1. The Morgan fingerprint density at radius 2 is 1.67 bits per heavy atom. The minimum absolute atomic E-state index is 0.0644. The molecule has 30 heavy (non-hydrogen) atoms. The number of carbonyl (C=O) groups is 1. The first-order valence-electron chi connectivity index (χ1n) is 9.79. The van der Waals surface area contributed by atoms with Crippen LogP contribution in [-0.4, -0.2) is 24.1 Å². The average molecular weight is 419 g/mol. The van der Waals surface area contributed by atoms with E-state index in [0.717, 1.165) is 21.5 Å². The Balaban J connectivity index is 1.63. The van der Waals surface area contributed by atoms with Crippen molar-refractivity contribution in [2.45, 2.75) is 13.5 Å². The van der Waals surface area contributed by atoms with Crippen molar-refractivity contribution in [3.63, 3.8) is 0 Å². The molecule has 1 heterocycles. The second-order valence-corrected chi connectivity index (χ2v) is 7.61. The van der Waals surface area contributed by atoms with Gasteiger partial charge >= 0.3 is 0 Å². The van der Waals surface area contributed by atoms with E-state index in [0.29, 0.717) is 24.0 Å².